The van der Waals surface area contributed by atoms with Gasteiger partial charge in [-0.05, 0) is 80.5 Å². The van der Waals surface area contributed by atoms with Crippen molar-refractivity contribution in [2.75, 3.05) is 25.6 Å². The smallest absolute Gasteiger partial charge is 0.420 e. The predicted molar refractivity (Wildman–Crippen MR) is 352 cm³/mol. The van der Waals surface area contributed by atoms with Gasteiger partial charge in [0.1, 0.15) is 82.5 Å². The van der Waals surface area contributed by atoms with Gasteiger partial charge in [-0.2, -0.15) is 0 Å². The Balaban J connectivity index is 0.987. The van der Waals surface area contributed by atoms with E-state index in [1.807, 2.05) is 13.8 Å². The van der Waals surface area contributed by atoms with Crippen LogP contribution >= 0.6 is 68.0 Å². The van der Waals surface area contributed by atoms with E-state index in [9.17, 15) is 53.7 Å². The van der Waals surface area contributed by atoms with E-state index in [1.54, 1.807) is 70.9 Å². The molecule has 26 nitrogen and oxygen atoms in total. The Hall–Kier alpha value is -9.15. The van der Waals surface area contributed by atoms with Gasteiger partial charge in [0.15, 0.2) is 5.82 Å². The number of carboxylic acid groups (broad SMARTS) is 2. The number of carbonyl (C=O) groups is 8. The number of nitrogens with zero attached hydrogens (tertiary/aromatic N) is 8. The molecule has 0 radical (unpaired) electrons. The number of amides is 6. The van der Waals surface area contributed by atoms with Gasteiger partial charge in [0.2, 0.25) is 11.8 Å². The van der Waals surface area contributed by atoms with Gasteiger partial charge in [-0.3, -0.25) is 28.8 Å². The third-order valence-electron chi connectivity index (χ3n) is 15.3. The van der Waals surface area contributed by atoms with Crippen molar-refractivity contribution in [1.29, 1.82) is 0 Å². The number of thiazole rings is 6. The van der Waals surface area contributed by atoms with Crippen LogP contribution in [0.4, 0.5) is 16.3 Å². The van der Waals surface area contributed by atoms with Crippen molar-refractivity contribution in [3.8, 4) is 43.4 Å². The molecule has 8 heterocycles. The van der Waals surface area contributed by atoms with Crippen molar-refractivity contribution in [2.24, 2.45) is 11.8 Å². The summed E-state index contributed by atoms with van der Waals surface area (Å²) >= 11 is 6.93. The average molecular weight is 1390 g/mol. The van der Waals surface area contributed by atoms with Gasteiger partial charge in [0.05, 0.1) is 59.4 Å². The number of ether oxygens (including phenoxy) is 2. The SMILES string of the molecule is CNC(=O)C[C@@H]1NC(=O)c2csc(n2)-c2ccc(-c3nc(N(C(=O)OC4CCC(C(=O)O)CC4)c4ccc(C(=O)O)cc4)cs3)nc2-c2csc(n2)-c2csc(n2)[C@H]([C@@H](O)c2ccccc2)NC(=O)CNC(=O)c2nc(sc2COC)C(C(C)C)NC(=O)c2nc1sc2C. The molecule has 1 unspecified atom stereocenters. The zero-order chi connectivity index (χ0) is 66.5. The van der Waals surface area contributed by atoms with E-state index in [2.05, 4.69) is 26.6 Å². The molecule has 6 amide bonds. The number of rotatable bonds is 13. The van der Waals surface area contributed by atoms with Crippen LogP contribution in [0.15, 0.2) is 88.3 Å². The molecule has 7 aromatic heterocycles. The average Bonchev–Trinajstić information content (AvgIpc) is 1.73. The van der Waals surface area contributed by atoms with E-state index in [4.69, 9.17) is 44.4 Å². The Morgan fingerprint density at radius 1 is 0.670 bits per heavy atom. The number of aromatic carboxylic acids is 1. The van der Waals surface area contributed by atoms with Crippen molar-refractivity contribution in [1.82, 2.24) is 61.5 Å². The summed E-state index contributed by atoms with van der Waals surface area (Å²) in [5, 5.41) is 54.0. The normalized spacial score (nSPS) is 18.2. The van der Waals surface area contributed by atoms with Crippen molar-refractivity contribution in [3.63, 3.8) is 0 Å². The molecular weight excluding hydrogens is 1330 g/mol. The van der Waals surface area contributed by atoms with Crippen LogP contribution < -0.4 is 31.5 Å². The maximum atomic E-state index is 14.5. The van der Waals surface area contributed by atoms with E-state index in [0.717, 1.165) is 56.7 Å². The van der Waals surface area contributed by atoms with Crippen LogP contribution in [0.5, 0.6) is 0 Å². The monoisotopic (exact) mass is 1390 g/mol. The third kappa shape index (κ3) is 14.8. The van der Waals surface area contributed by atoms with E-state index in [-0.39, 0.29) is 63.8 Å². The first kappa shape index (κ1) is 66.3. The van der Waals surface area contributed by atoms with Crippen LogP contribution in [-0.4, -0.2) is 125 Å². The summed E-state index contributed by atoms with van der Waals surface area (Å²) in [7, 11) is 2.91. The molecule has 2 aliphatic rings. The standard InChI is InChI=1S/C62H59N13O13S6/c1-28(2)45-59-74-48(41(94-59)23-87-5)52(80)64-22-44(77)71-49(50(78)30-9-7-6-8-10-30)58-69-40(26-91-58)56-67-38(24-90-56)47-35(54-68-39(25-89-54)51(79)66-37(21-43(76)63-4)57-73-46(29(3)93-57)53(81)72-45)19-20-36(65-47)55-70-42(27-92-55)75(33-15-11-31(12-16-33)60(82)83)62(86)88-34-17-13-32(14-18-34)61(84)85/h6-12,15-16,19-20,24-28,32,34,37,45,49-50,78H,13-14,17-18,21-23H2,1-5H3,(H,63,76)(H,64,80)(H,66,79)(H,71,77)(H,72,81)(H,82,83)(H,84,85)/t32?,34?,37-,45?,49-,50-/m0/s1. The maximum Gasteiger partial charge on any atom is 0.420 e. The minimum absolute atomic E-state index is 0.0179. The highest BCUT2D eigenvalue weighted by molar-refractivity contribution is 7.15. The number of aromatic nitrogens is 7. The molecule has 32 heteroatoms. The van der Waals surface area contributed by atoms with Crippen LogP contribution in [0.2, 0.25) is 0 Å². The summed E-state index contributed by atoms with van der Waals surface area (Å²) in [6, 6.07) is 14.8. The fraction of sp³-hybridized carbons (Fsp3) is 0.306. The second-order valence-corrected chi connectivity index (χ2v) is 27.8. The fourth-order valence-electron chi connectivity index (χ4n) is 10.4. The number of aliphatic hydroxyl groups is 1. The molecule has 1 aliphatic carbocycles. The largest absolute Gasteiger partial charge is 0.481 e. The lowest BCUT2D eigenvalue weighted by atomic mass is 9.87. The van der Waals surface area contributed by atoms with Crippen LogP contribution in [0.25, 0.3) is 43.4 Å². The number of carboxylic acids is 2. The number of nitrogens with one attached hydrogen (secondary N) is 5. The molecule has 1 saturated carbocycles. The van der Waals surface area contributed by atoms with Gasteiger partial charge in [-0.1, -0.05) is 44.2 Å². The molecule has 4 atom stereocenters. The summed E-state index contributed by atoms with van der Waals surface area (Å²) in [5.74, 6) is -5.83. The van der Waals surface area contributed by atoms with Crippen molar-refractivity contribution in [3.05, 3.63) is 141 Å². The van der Waals surface area contributed by atoms with E-state index >= 15 is 0 Å². The zero-order valence-electron chi connectivity index (χ0n) is 50.6. The number of fused-ring (bicyclic) bond motifs is 14. The molecule has 1 fully saturated rings. The number of aliphatic hydroxyl groups excluding tert-OH is 1. The first-order valence-corrected chi connectivity index (χ1v) is 34.4. The lowest BCUT2D eigenvalue weighted by Crippen LogP contribution is -2.40. The topological polar surface area (TPSA) is 369 Å². The van der Waals surface area contributed by atoms with Crippen LogP contribution in [-0.2, 0) is 30.5 Å². The van der Waals surface area contributed by atoms with Gasteiger partial charge >= 0.3 is 18.0 Å². The van der Waals surface area contributed by atoms with Crippen molar-refractivity contribution >= 4 is 127 Å². The molecule has 486 valence electrons. The van der Waals surface area contributed by atoms with Crippen LogP contribution in [0.1, 0.15) is 142 Å². The molecule has 11 rings (SSSR count). The van der Waals surface area contributed by atoms with Crippen molar-refractivity contribution < 1.29 is 63.1 Å². The van der Waals surface area contributed by atoms with Gasteiger partial charge < -0.3 is 51.4 Å². The number of pyridine rings is 1. The molecule has 8 N–H and O–H groups in total. The molecule has 9 aromatic rings. The van der Waals surface area contributed by atoms with E-state index < -0.39 is 90.4 Å². The van der Waals surface area contributed by atoms with Gasteiger partial charge in [-0.25, -0.2) is 49.4 Å². The molecule has 1 aliphatic heterocycles. The summed E-state index contributed by atoms with van der Waals surface area (Å²) in [5.41, 5.74) is 2.44. The molecule has 0 saturated heterocycles. The molecule has 10 bridgehead atoms. The molecule has 2 aromatic carbocycles. The summed E-state index contributed by atoms with van der Waals surface area (Å²) in [4.78, 5) is 144. The Morgan fingerprint density at radius 2 is 1.36 bits per heavy atom. The highest BCUT2D eigenvalue weighted by atomic mass is 32.1. The Bertz CT molecular complexity index is 4330. The third-order valence-corrected chi connectivity index (χ3v) is 21.0. The fourth-order valence-corrected chi connectivity index (χ4v) is 15.9. The van der Waals surface area contributed by atoms with Gasteiger partial charge in [-0.15, -0.1) is 68.0 Å². The Labute approximate surface area is 560 Å². The quantitative estimate of drug-likeness (QED) is 0.0532. The lowest BCUT2D eigenvalue weighted by molar-refractivity contribution is -0.143. The van der Waals surface area contributed by atoms with E-state index in [1.165, 1.54) is 54.7 Å². The van der Waals surface area contributed by atoms with Gasteiger partial charge in [0, 0.05) is 46.1 Å². The Kier molecular flexibility index (Phi) is 20.5. The number of aliphatic carboxylic acids is 1. The number of benzene rings is 2. The number of hydrogen-bond acceptors (Lipinski definition) is 24. The van der Waals surface area contributed by atoms with Crippen LogP contribution in [0, 0.1) is 18.8 Å². The second kappa shape index (κ2) is 29.0. The van der Waals surface area contributed by atoms with E-state index in [0.29, 0.717) is 88.7 Å². The first-order chi connectivity index (χ1) is 45.2. The number of methoxy groups -OCH3 is 1. The zero-order valence-corrected chi connectivity index (χ0v) is 55.5. The first-order valence-electron chi connectivity index (χ1n) is 29.2. The number of carbonyl (C=O) groups excluding carboxylic acids is 6. The number of hydrogen-bond donors (Lipinski definition) is 8. The summed E-state index contributed by atoms with van der Waals surface area (Å²) in [6.45, 7) is 4.87. The number of anilines is 2. The molecule has 0 spiro atoms. The maximum absolute atomic E-state index is 14.5. The minimum atomic E-state index is -1.32. The second-order valence-electron chi connectivity index (χ2n) is 22.0. The predicted octanol–water partition coefficient (Wildman–Crippen LogP) is 9.93. The number of aryl methyl sites for hydroxylation is 1. The summed E-state index contributed by atoms with van der Waals surface area (Å²) < 4.78 is 11.4. The molecule has 94 heavy (non-hydrogen) atoms. The van der Waals surface area contributed by atoms with Gasteiger partial charge in [0.25, 0.3) is 17.7 Å². The van der Waals surface area contributed by atoms with Crippen LogP contribution in [0.3, 0.4) is 0 Å². The highest BCUT2D eigenvalue weighted by Gasteiger charge is 2.35. The Morgan fingerprint density at radius 3 is 2.07 bits per heavy atom. The highest BCUT2D eigenvalue weighted by Crippen LogP contribution is 2.41. The summed E-state index contributed by atoms with van der Waals surface area (Å²) in [6.07, 6.45) is -1.71. The molecular formula is C62H59N13O13S6. The lowest BCUT2D eigenvalue weighted by Gasteiger charge is -2.28. The van der Waals surface area contributed by atoms with Crippen molar-refractivity contribution in [2.45, 2.75) is 89.8 Å². The minimum Gasteiger partial charge on any atom is -0.481 e.